The zero-order valence-corrected chi connectivity index (χ0v) is 13.5. The van der Waals surface area contributed by atoms with Crippen LogP contribution in [0.1, 0.15) is 21.5 Å². The van der Waals surface area contributed by atoms with Gasteiger partial charge in [0.15, 0.2) is 0 Å². The van der Waals surface area contributed by atoms with Crippen LogP contribution in [0, 0.1) is 17.0 Å². The number of carbonyl (C=O) groups excluding carboxylic acids is 1. The molecule has 0 unspecified atom stereocenters. The molecule has 0 radical (unpaired) electrons. The van der Waals surface area contributed by atoms with Gasteiger partial charge < -0.3 is 14.6 Å². The molecular formula is C17H13N3O6. The standard InChI is InChI=1S/C17H13N3O6/c1-9-8-26-14-5-3-12(16(22)15(9)14)17(23)19-18-7-10-6-11(20(24)25)2-4-13(10)21/h2-8,21-22H,1H3,(H,19,23)/b18-7+. The number of furan rings is 1. The lowest BCUT2D eigenvalue weighted by Gasteiger charge is -2.04. The van der Waals surface area contributed by atoms with Crippen molar-refractivity contribution in [3.8, 4) is 11.5 Å². The van der Waals surface area contributed by atoms with Crippen molar-refractivity contribution in [2.45, 2.75) is 6.92 Å². The van der Waals surface area contributed by atoms with Gasteiger partial charge in [0.2, 0.25) is 0 Å². The minimum Gasteiger partial charge on any atom is -0.507 e. The highest BCUT2D eigenvalue weighted by molar-refractivity contribution is 6.03. The molecule has 0 bridgehead atoms. The average Bonchev–Trinajstić information content (AvgIpc) is 2.98. The molecule has 0 fully saturated rings. The quantitative estimate of drug-likeness (QED) is 0.374. The minimum atomic E-state index is -0.689. The summed E-state index contributed by atoms with van der Waals surface area (Å²) in [5.41, 5.74) is 3.14. The normalized spacial score (nSPS) is 11.1. The lowest BCUT2D eigenvalue weighted by atomic mass is 10.1. The molecule has 9 heteroatoms. The first-order chi connectivity index (χ1) is 12.4. The van der Waals surface area contributed by atoms with Gasteiger partial charge in [-0.05, 0) is 30.7 Å². The third kappa shape index (κ3) is 3.05. The number of benzene rings is 2. The summed E-state index contributed by atoms with van der Waals surface area (Å²) >= 11 is 0. The Morgan fingerprint density at radius 2 is 2.08 bits per heavy atom. The third-order valence-corrected chi connectivity index (χ3v) is 3.73. The van der Waals surface area contributed by atoms with E-state index in [1.54, 1.807) is 13.0 Å². The first kappa shape index (κ1) is 17.0. The molecule has 1 heterocycles. The molecule has 0 aliphatic carbocycles. The molecule has 0 aliphatic heterocycles. The zero-order chi connectivity index (χ0) is 18.8. The summed E-state index contributed by atoms with van der Waals surface area (Å²) in [7, 11) is 0. The van der Waals surface area contributed by atoms with E-state index in [0.717, 1.165) is 24.4 Å². The van der Waals surface area contributed by atoms with Gasteiger partial charge in [0.05, 0.1) is 28.4 Å². The van der Waals surface area contributed by atoms with E-state index in [4.69, 9.17) is 4.42 Å². The number of phenolic OH excluding ortho intramolecular Hbond substituents is 2. The van der Waals surface area contributed by atoms with E-state index in [1.165, 1.54) is 12.3 Å². The summed E-state index contributed by atoms with van der Waals surface area (Å²) in [6, 6.07) is 6.35. The van der Waals surface area contributed by atoms with Crippen molar-refractivity contribution in [3.63, 3.8) is 0 Å². The topological polar surface area (TPSA) is 138 Å². The Labute approximate surface area is 146 Å². The number of hydrazone groups is 1. The summed E-state index contributed by atoms with van der Waals surface area (Å²) < 4.78 is 5.24. The number of nitro benzene ring substituents is 1. The van der Waals surface area contributed by atoms with Crippen LogP contribution in [0.15, 0.2) is 46.1 Å². The van der Waals surface area contributed by atoms with Crippen molar-refractivity contribution in [1.29, 1.82) is 0 Å². The number of rotatable bonds is 4. The van der Waals surface area contributed by atoms with Gasteiger partial charge in [0.25, 0.3) is 11.6 Å². The van der Waals surface area contributed by atoms with Crippen molar-refractivity contribution < 1.29 is 24.3 Å². The Morgan fingerprint density at radius 1 is 1.31 bits per heavy atom. The molecule has 0 aliphatic rings. The monoisotopic (exact) mass is 355 g/mol. The molecule has 2 aromatic carbocycles. The van der Waals surface area contributed by atoms with Gasteiger partial charge in [0, 0.05) is 17.7 Å². The van der Waals surface area contributed by atoms with Crippen LogP contribution in [0.5, 0.6) is 11.5 Å². The first-order valence-corrected chi connectivity index (χ1v) is 7.39. The lowest BCUT2D eigenvalue weighted by molar-refractivity contribution is -0.384. The van der Waals surface area contributed by atoms with E-state index >= 15 is 0 Å². The molecule has 3 rings (SSSR count). The maximum Gasteiger partial charge on any atom is 0.275 e. The van der Waals surface area contributed by atoms with Crippen LogP contribution in [-0.4, -0.2) is 27.3 Å². The van der Waals surface area contributed by atoms with E-state index in [2.05, 4.69) is 10.5 Å². The highest BCUT2D eigenvalue weighted by atomic mass is 16.6. The number of aromatic hydroxyl groups is 2. The van der Waals surface area contributed by atoms with Crippen molar-refractivity contribution in [2.24, 2.45) is 5.10 Å². The van der Waals surface area contributed by atoms with Crippen molar-refractivity contribution >= 4 is 28.8 Å². The van der Waals surface area contributed by atoms with Crippen molar-refractivity contribution in [3.05, 3.63) is 63.4 Å². The third-order valence-electron chi connectivity index (χ3n) is 3.73. The van der Waals surface area contributed by atoms with Gasteiger partial charge >= 0.3 is 0 Å². The number of phenols is 2. The van der Waals surface area contributed by atoms with E-state index in [1.807, 2.05) is 0 Å². The number of hydrogen-bond acceptors (Lipinski definition) is 7. The summed E-state index contributed by atoms with van der Waals surface area (Å²) in [5, 5.41) is 34.8. The Morgan fingerprint density at radius 3 is 2.81 bits per heavy atom. The fourth-order valence-electron chi connectivity index (χ4n) is 2.43. The lowest BCUT2D eigenvalue weighted by Crippen LogP contribution is -2.17. The zero-order valence-electron chi connectivity index (χ0n) is 13.5. The van der Waals surface area contributed by atoms with Gasteiger partial charge in [-0.25, -0.2) is 5.43 Å². The number of nitrogens with one attached hydrogen (secondary N) is 1. The first-order valence-electron chi connectivity index (χ1n) is 7.39. The number of nitrogens with zero attached hydrogens (tertiary/aromatic N) is 2. The Kier molecular flexibility index (Phi) is 4.27. The van der Waals surface area contributed by atoms with Gasteiger partial charge in [-0.1, -0.05) is 0 Å². The predicted octanol–water partition coefficient (Wildman–Crippen LogP) is 2.82. The number of amides is 1. The summed E-state index contributed by atoms with van der Waals surface area (Å²) in [6.07, 6.45) is 2.54. The Bertz CT molecular complexity index is 1050. The maximum absolute atomic E-state index is 12.2. The van der Waals surface area contributed by atoms with Crippen LogP contribution in [-0.2, 0) is 0 Å². The molecule has 0 saturated heterocycles. The van der Waals surface area contributed by atoms with Crippen LogP contribution in [0.4, 0.5) is 5.69 Å². The molecule has 3 aromatic rings. The van der Waals surface area contributed by atoms with Crippen LogP contribution in [0.25, 0.3) is 11.0 Å². The fourth-order valence-corrected chi connectivity index (χ4v) is 2.43. The van der Waals surface area contributed by atoms with Crippen molar-refractivity contribution in [2.75, 3.05) is 0 Å². The van der Waals surface area contributed by atoms with Gasteiger partial charge in [-0.15, -0.1) is 0 Å². The Hall–Kier alpha value is -3.88. The average molecular weight is 355 g/mol. The van der Waals surface area contributed by atoms with E-state index in [-0.39, 0.29) is 28.3 Å². The predicted molar refractivity (Wildman–Crippen MR) is 92.4 cm³/mol. The second kappa shape index (κ2) is 6.55. The highest BCUT2D eigenvalue weighted by Gasteiger charge is 2.17. The number of hydrogen-bond donors (Lipinski definition) is 3. The number of aryl methyl sites for hydroxylation is 1. The molecule has 132 valence electrons. The molecule has 26 heavy (non-hydrogen) atoms. The van der Waals surface area contributed by atoms with E-state index in [0.29, 0.717) is 16.5 Å². The van der Waals surface area contributed by atoms with Crippen LogP contribution in [0.3, 0.4) is 0 Å². The largest absolute Gasteiger partial charge is 0.507 e. The van der Waals surface area contributed by atoms with E-state index < -0.39 is 10.8 Å². The molecule has 3 N–H and O–H groups in total. The smallest absolute Gasteiger partial charge is 0.275 e. The second-order valence-electron chi connectivity index (χ2n) is 5.45. The summed E-state index contributed by atoms with van der Waals surface area (Å²) in [5.74, 6) is -1.15. The van der Waals surface area contributed by atoms with E-state index in [9.17, 15) is 25.1 Å². The summed E-state index contributed by atoms with van der Waals surface area (Å²) in [6.45, 7) is 1.73. The second-order valence-corrected chi connectivity index (χ2v) is 5.45. The van der Waals surface area contributed by atoms with Crippen molar-refractivity contribution in [1.82, 2.24) is 5.43 Å². The van der Waals surface area contributed by atoms with Crippen LogP contribution < -0.4 is 5.43 Å². The minimum absolute atomic E-state index is 0.0117. The molecule has 0 saturated carbocycles. The number of fused-ring (bicyclic) bond motifs is 1. The fraction of sp³-hybridized carbons (Fsp3) is 0.0588. The highest BCUT2D eigenvalue weighted by Crippen LogP contribution is 2.32. The molecule has 1 amide bonds. The number of nitro groups is 1. The number of non-ortho nitro benzene ring substituents is 1. The number of carbonyl (C=O) groups is 1. The van der Waals surface area contributed by atoms with Crippen LogP contribution in [0.2, 0.25) is 0 Å². The molecule has 9 nitrogen and oxygen atoms in total. The van der Waals surface area contributed by atoms with Gasteiger partial charge in [-0.3, -0.25) is 14.9 Å². The van der Waals surface area contributed by atoms with Gasteiger partial charge in [-0.2, -0.15) is 5.10 Å². The van der Waals surface area contributed by atoms with Gasteiger partial charge in [0.1, 0.15) is 17.1 Å². The Balaban J connectivity index is 1.82. The SMILES string of the molecule is Cc1coc2ccc(C(=O)N/N=C/c3cc([N+](=O)[O-])ccc3O)c(O)c12. The molecule has 1 aromatic heterocycles. The maximum atomic E-state index is 12.2. The molecule has 0 atom stereocenters. The molecule has 0 spiro atoms. The van der Waals surface area contributed by atoms with Crippen LogP contribution >= 0.6 is 0 Å². The summed E-state index contributed by atoms with van der Waals surface area (Å²) in [4.78, 5) is 22.3. The molecular weight excluding hydrogens is 342 g/mol.